The van der Waals surface area contributed by atoms with E-state index in [1.165, 1.54) is 55.3 Å². The Hall–Kier alpha value is -9.18. The maximum atomic E-state index is 6.38. The molecule has 0 spiro atoms. The molecule has 0 aliphatic carbocycles. The molecule has 69 heavy (non-hydrogen) atoms. The number of para-hydroxylation sites is 2. The highest BCUT2D eigenvalue weighted by molar-refractivity contribution is 6.18. The van der Waals surface area contributed by atoms with Gasteiger partial charge in [0.05, 0.1) is 22.1 Å². The molecule has 0 saturated heterocycles. The standard InChI is InChI=1S/C66H44N2O/c1-3-15-45(16-4-1)47-31-33-48(34-32-47)50-37-41-55(42-38-50)67(54-39-35-49(36-40-54)46-17-5-2-6-18-46)56-22-12-20-52(44-56)51-19-11-21-53(43-51)57-25-13-27-61-65(57)58-23-7-9-26-60(58)68(61)62-28-14-30-64-66(62)59-24-8-10-29-63(59)69-64/h1-44H. The molecule has 2 aromatic heterocycles. The number of hydrogen-bond donors (Lipinski definition) is 0. The van der Waals surface area contributed by atoms with Gasteiger partial charge in [-0.05, 0) is 128 Å². The Morgan fingerprint density at radius 3 is 1.41 bits per heavy atom. The zero-order valence-electron chi connectivity index (χ0n) is 37.7. The van der Waals surface area contributed by atoms with E-state index in [1.807, 2.05) is 6.07 Å². The van der Waals surface area contributed by atoms with Crippen molar-refractivity contribution < 1.29 is 4.42 Å². The van der Waals surface area contributed by atoms with Gasteiger partial charge in [0.1, 0.15) is 11.2 Å². The summed E-state index contributed by atoms with van der Waals surface area (Å²) in [5.41, 5.74) is 20.3. The van der Waals surface area contributed by atoms with Crippen LogP contribution in [0.4, 0.5) is 17.1 Å². The summed E-state index contributed by atoms with van der Waals surface area (Å²) in [6, 6.07) is 96.1. The second-order valence-electron chi connectivity index (χ2n) is 17.7. The summed E-state index contributed by atoms with van der Waals surface area (Å²) in [4.78, 5) is 2.36. The topological polar surface area (TPSA) is 21.3 Å². The van der Waals surface area contributed by atoms with Gasteiger partial charge in [0.15, 0.2) is 0 Å². The second-order valence-corrected chi connectivity index (χ2v) is 17.7. The molecule has 13 rings (SSSR count). The van der Waals surface area contributed by atoms with Crippen LogP contribution in [-0.2, 0) is 0 Å². The summed E-state index contributed by atoms with van der Waals surface area (Å²) in [7, 11) is 0. The fourth-order valence-corrected chi connectivity index (χ4v) is 10.3. The maximum absolute atomic E-state index is 6.38. The summed E-state index contributed by atoms with van der Waals surface area (Å²) in [6.45, 7) is 0. The quantitative estimate of drug-likeness (QED) is 0.144. The maximum Gasteiger partial charge on any atom is 0.137 e. The molecule has 324 valence electrons. The summed E-state index contributed by atoms with van der Waals surface area (Å²) in [5, 5.41) is 4.67. The van der Waals surface area contributed by atoms with E-state index in [2.05, 4.69) is 270 Å². The van der Waals surface area contributed by atoms with Gasteiger partial charge in [0.2, 0.25) is 0 Å². The smallest absolute Gasteiger partial charge is 0.137 e. The van der Waals surface area contributed by atoms with Crippen LogP contribution in [0.5, 0.6) is 0 Å². The van der Waals surface area contributed by atoms with E-state index in [0.29, 0.717) is 0 Å². The van der Waals surface area contributed by atoms with Gasteiger partial charge in [-0.15, -0.1) is 0 Å². The van der Waals surface area contributed by atoms with E-state index in [1.54, 1.807) is 0 Å². The lowest BCUT2D eigenvalue weighted by molar-refractivity contribution is 0.669. The van der Waals surface area contributed by atoms with Crippen LogP contribution in [0.1, 0.15) is 0 Å². The lowest BCUT2D eigenvalue weighted by Gasteiger charge is -2.26. The van der Waals surface area contributed by atoms with Crippen LogP contribution < -0.4 is 4.90 Å². The third kappa shape index (κ3) is 7.16. The summed E-state index contributed by atoms with van der Waals surface area (Å²) >= 11 is 0. The highest BCUT2D eigenvalue weighted by atomic mass is 16.3. The van der Waals surface area contributed by atoms with Crippen molar-refractivity contribution in [2.75, 3.05) is 4.90 Å². The van der Waals surface area contributed by atoms with E-state index in [0.717, 1.165) is 66.8 Å². The normalized spacial score (nSPS) is 11.5. The Morgan fingerprint density at radius 1 is 0.275 bits per heavy atom. The van der Waals surface area contributed by atoms with E-state index in [-0.39, 0.29) is 0 Å². The Kier molecular flexibility index (Phi) is 9.84. The van der Waals surface area contributed by atoms with Gasteiger partial charge in [-0.1, -0.05) is 194 Å². The fraction of sp³-hybridized carbons (Fsp3) is 0. The van der Waals surface area contributed by atoms with Crippen LogP contribution in [-0.4, -0.2) is 4.57 Å². The average molecular weight is 881 g/mol. The molecule has 0 bridgehead atoms. The minimum absolute atomic E-state index is 0.885. The van der Waals surface area contributed by atoms with Crippen LogP contribution in [0.3, 0.4) is 0 Å². The molecule has 0 aliphatic rings. The van der Waals surface area contributed by atoms with Crippen molar-refractivity contribution in [1.29, 1.82) is 0 Å². The van der Waals surface area contributed by atoms with E-state index >= 15 is 0 Å². The van der Waals surface area contributed by atoms with Crippen LogP contribution in [0.15, 0.2) is 271 Å². The third-order valence-corrected chi connectivity index (χ3v) is 13.6. The molecule has 11 aromatic carbocycles. The summed E-state index contributed by atoms with van der Waals surface area (Å²) in [5.74, 6) is 0. The van der Waals surface area contributed by atoms with E-state index in [9.17, 15) is 0 Å². The van der Waals surface area contributed by atoms with Crippen molar-refractivity contribution in [2.24, 2.45) is 0 Å². The van der Waals surface area contributed by atoms with Crippen molar-refractivity contribution in [1.82, 2.24) is 4.57 Å². The Balaban J connectivity index is 0.893. The van der Waals surface area contributed by atoms with Gasteiger partial charge in [0, 0.05) is 33.2 Å². The van der Waals surface area contributed by atoms with Crippen LogP contribution in [0.25, 0.3) is 105 Å². The zero-order valence-corrected chi connectivity index (χ0v) is 37.7. The molecule has 0 radical (unpaired) electrons. The van der Waals surface area contributed by atoms with Crippen molar-refractivity contribution >= 4 is 60.8 Å². The van der Waals surface area contributed by atoms with E-state index < -0.39 is 0 Å². The predicted octanol–water partition coefficient (Wildman–Crippen LogP) is 18.5. The Labute approximate surface area is 401 Å². The van der Waals surface area contributed by atoms with Gasteiger partial charge >= 0.3 is 0 Å². The summed E-state index contributed by atoms with van der Waals surface area (Å²) in [6.07, 6.45) is 0. The monoisotopic (exact) mass is 880 g/mol. The lowest BCUT2D eigenvalue weighted by atomic mass is 9.95. The molecular weight excluding hydrogens is 837 g/mol. The molecule has 0 atom stereocenters. The molecule has 0 N–H and O–H groups in total. The first-order chi connectivity index (χ1) is 34.2. The van der Waals surface area contributed by atoms with Crippen molar-refractivity contribution in [3.05, 3.63) is 267 Å². The Bertz CT molecular complexity index is 3980. The first-order valence-corrected chi connectivity index (χ1v) is 23.6. The largest absolute Gasteiger partial charge is 0.456 e. The Morgan fingerprint density at radius 2 is 0.739 bits per heavy atom. The predicted molar refractivity (Wildman–Crippen MR) is 290 cm³/mol. The molecule has 0 amide bonds. The highest BCUT2D eigenvalue weighted by Crippen LogP contribution is 2.43. The molecule has 0 saturated carbocycles. The van der Waals surface area contributed by atoms with Crippen LogP contribution in [0.2, 0.25) is 0 Å². The number of benzene rings is 11. The number of aromatic nitrogens is 1. The number of nitrogens with zero attached hydrogens (tertiary/aromatic N) is 2. The van der Waals surface area contributed by atoms with Gasteiger partial charge in [-0.2, -0.15) is 0 Å². The number of hydrogen-bond acceptors (Lipinski definition) is 2. The highest BCUT2D eigenvalue weighted by Gasteiger charge is 2.20. The first-order valence-electron chi connectivity index (χ1n) is 23.6. The third-order valence-electron chi connectivity index (χ3n) is 13.6. The molecule has 13 aromatic rings. The van der Waals surface area contributed by atoms with Gasteiger partial charge < -0.3 is 13.9 Å². The van der Waals surface area contributed by atoms with Crippen LogP contribution >= 0.6 is 0 Å². The van der Waals surface area contributed by atoms with Crippen LogP contribution in [0, 0.1) is 0 Å². The average Bonchev–Trinajstić information content (AvgIpc) is 3.98. The molecule has 0 fully saturated rings. The molecule has 2 heterocycles. The van der Waals surface area contributed by atoms with Gasteiger partial charge in [0.25, 0.3) is 0 Å². The first kappa shape index (κ1) is 40.1. The molecule has 3 heteroatoms. The van der Waals surface area contributed by atoms with E-state index in [4.69, 9.17) is 4.42 Å². The molecule has 0 unspecified atom stereocenters. The SMILES string of the molecule is c1ccc(-c2ccc(-c3ccc(N(c4ccc(-c5ccccc5)cc4)c4cccc(-c5cccc(-c6cccc7c6c6ccccc6n7-c6cccc7oc8ccccc8c67)c5)c4)cc3)cc2)cc1. The minimum Gasteiger partial charge on any atom is -0.456 e. The number of fused-ring (bicyclic) bond motifs is 6. The number of anilines is 3. The molecule has 3 nitrogen and oxygen atoms in total. The van der Waals surface area contributed by atoms with Gasteiger partial charge in [-0.3, -0.25) is 0 Å². The summed E-state index contributed by atoms with van der Waals surface area (Å²) < 4.78 is 8.80. The lowest BCUT2D eigenvalue weighted by Crippen LogP contribution is -2.10. The molecular formula is C66H44N2O. The minimum atomic E-state index is 0.885. The number of rotatable bonds is 9. The molecule has 0 aliphatic heterocycles. The zero-order chi connectivity index (χ0) is 45.7. The van der Waals surface area contributed by atoms with Crippen molar-refractivity contribution in [3.63, 3.8) is 0 Å². The second kappa shape index (κ2) is 16.9. The van der Waals surface area contributed by atoms with Gasteiger partial charge in [-0.25, -0.2) is 0 Å². The van der Waals surface area contributed by atoms with Crippen molar-refractivity contribution in [2.45, 2.75) is 0 Å². The fourth-order valence-electron chi connectivity index (χ4n) is 10.3. The van der Waals surface area contributed by atoms with Crippen molar-refractivity contribution in [3.8, 4) is 61.3 Å². The number of furan rings is 1.